The molecule has 0 atom stereocenters. The molecule has 1 saturated heterocycles. The van der Waals surface area contributed by atoms with Crippen molar-refractivity contribution in [1.29, 1.82) is 0 Å². The fraction of sp³-hybridized carbons (Fsp3) is 0.385. The smallest absolute Gasteiger partial charge is 0.251 e. The summed E-state index contributed by atoms with van der Waals surface area (Å²) in [5.74, 6) is -0.367. The molecule has 0 bridgehead atoms. The normalized spacial score (nSPS) is 15.1. The number of hydrogen-bond donors (Lipinski definition) is 2. The Morgan fingerprint density at radius 2 is 1.84 bits per heavy atom. The van der Waals surface area contributed by atoms with E-state index in [2.05, 4.69) is 5.32 Å². The molecular weight excluding hydrogens is 246 g/mol. The number of nitrogens with zero attached hydrogens (tertiary/aromatic N) is 1. The number of nitrogens with one attached hydrogen (secondary N) is 1. The fourth-order valence-corrected chi connectivity index (χ4v) is 1.82. The van der Waals surface area contributed by atoms with Gasteiger partial charge in [0.05, 0.1) is 19.8 Å². The van der Waals surface area contributed by atoms with Crippen LogP contribution in [0.5, 0.6) is 0 Å². The zero-order valence-electron chi connectivity index (χ0n) is 10.6. The van der Waals surface area contributed by atoms with Crippen LogP contribution in [0.25, 0.3) is 0 Å². The van der Waals surface area contributed by atoms with E-state index in [4.69, 9.17) is 10.5 Å². The number of carbonyl (C=O) groups is 2. The summed E-state index contributed by atoms with van der Waals surface area (Å²) in [6, 6.07) is 6.56. The SMILES string of the molecule is Nc1ccc(C(=O)NCC(=O)N2CCOCC2)cc1. The first-order chi connectivity index (χ1) is 9.16. The average molecular weight is 263 g/mol. The van der Waals surface area contributed by atoms with Crippen LogP contribution in [0.1, 0.15) is 10.4 Å². The van der Waals surface area contributed by atoms with E-state index in [1.54, 1.807) is 29.2 Å². The van der Waals surface area contributed by atoms with Gasteiger partial charge in [0.2, 0.25) is 5.91 Å². The number of rotatable bonds is 3. The lowest BCUT2D eigenvalue weighted by Crippen LogP contribution is -2.45. The molecule has 0 unspecified atom stereocenters. The number of carbonyl (C=O) groups excluding carboxylic acids is 2. The number of ether oxygens (including phenoxy) is 1. The Morgan fingerprint density at radius 3 is 2.47 bits per heavy atom. The van der Waals surface area contributed by atoms with Gasteiger partial charge in [0.25, 0.3) is 5.91 Å². The van der Waals surface area contributed by atoms with Crippen LogP contribution in [0.4, 0.5) is 5.69 Å². The highest BCUT2D eigenvalue weighted by atomic mass is 16.5. The summed E-state index contributed by atoms with van der Waals surface area (Å²) in [7, 11) is 0. The summed E-state index contributed by atoms with van der Waals surface area (Å²) in [4.78, 5) is 25.3. The van der Waals surface area contributed by atoms with Crippen LogP contribution in [0, 0.1) is 0 Å². The second-order valence-corrected chi connectivity index (χ2v) is 4.30. The van der Waals surface area contributed by atoms with Crippen molar-refractivity contribution in [2.45, 2.75) is 0 Å². The lowest BCUT2D eigenvalue weighted by Gasteiger charge is -2.26. The molecule has 19 heavy (non-hydrogen) atoms. The molecule has 1 aliphatic heterocycles. The number of nitrogen functional groups attached to an aromatic ring is 1. The summed E-state index contributed by atoms with van der Waals surface area (Å²) in [5, 5.41) is 2.60. The van der Waals surface area contributed by atoms with E-state index in [9.17, 15) is 9.59 Å². The summed E-state index contributed by atoms with van der Waals surface area (Å²) in [6.07, 6.45) is 0. The first-order valence-corrected chi connectivity index (χ1v) is 6.16. The monoisotopic (exact) mass is 263 g/mol. The van der Waals surface area contributed by atoms with Gasteiger partial charge in [-0.2, -0.15) is 0 Å². The topological polar surface area (TPSA) is 84.7 Å². The highest BCUT2D eigenvalue weighted by Gasteiger charge is 2.17. The van der Waals surface area contributed by atoms with Crippen LogP contribution in [-0.2, 0) is 9.53 Å². The zero-order chi connectivity index (χ0) is 13.7. The number of benzene rings is 1. The molecule has 1 aromatic rings. The molecule has 0 aromatic heterocycles. The molecule has 2 amide bonds. The van der Waals surface area contributed by atoms with Gasteiger partial charge in [-0.15, -0.1) is 0 Å². The standard InChI is InChI=1S/C13H17N3O3/c14-11-3-1-10(2-4-11)13(18)15-9-12(17)16-5-7-19-8-6-16/h1-4H,5-9,14H2,(H,15,18). The van der Waals surface area contributed by atoms with Crippen molar-refractivity contribution < 1.29 is 14.3 Å². The lowest BCUT2D eigenvalue weighted by atomic mass is 10.2. The molecule has 1 aliphatic rings. The Kier molecular flexibility index (Phi) is 4.35. The molecule has 0 aliphatic carbocycles. The molecule has 6 nitrogen and oxygen atoms in total. The largest absolute Gasteiger partial charge is 0.399 e. The number of nitrogens with two attached hydrogens (primary N) is 1. The molecule has 2 rings (SSSR count). The lowest BCUT2D eigenvalue weighted by molar-refractivity contribution is -0.134. The van der Waals surface area contributed by atoms with Crippen LogP contribution in [0.2, 0.25) is 0 Å². The molecule has 1 heterocycles. The van der Waals surface area contributed by atoms with E-state index < -0.39 is 0 Å². The third-order valence-corrected chi connectivity index (χ3v) is 2.94. The third kappa shape index (κ3) is 3.69. The molecule has 0 radical (unpaired) electrons. The fourth-order valence-electron chi connectivity index (χ4n) is 1.82. The zero-order valence-corrected chi connectivity index (χ0v) is 10.6. The molecule has 1 aromatic carbocycles. The van der Waals surface area contributed by atoms with Gasteiger partial charge in [0, 0.05) is 24.3 Å². The molecule has 1 fully saturated rings. The van der Waals surface area contributed by atoms with Gasteiger partial charge in [0.15, 0.2) is 0 Å². The Labute approximate surface area is 111 Å². The van der Waals surface area contributed by atoms with Crippen LogP contribution in [0.15, 0.2) is 24.3 Å². The van der Waals surface area contributed by atoms with Crippen molar-refractivity contribution in [2.24, 2.45) is 0 Å². The van der Waals surface area contributed by atoms with E-state index in [1.807, 2.05) is 0 Å². The van der Waals surface area contributed by atoms with Crippen molar-refractivity contribution in [3.05, 3.63) is 29.8 Å². The van der Waals surface area contributed by atoms with E-state index in [-0.39, 0.29) is 18.4 Å². The van der Waals surface area contributed by atoms with Gasteiger partial charge < -0.3 is 20.7 Å². The van der Waals surface area contributed by atoms with Gasteiger partial charge in [-0.05, 0) is 24.3 Å². The van der Waals surface area contributed by atoms with Gasteiger partial charge in [0.1, 0.15) is 0 Å². The van der Waals surface area contributed by atoms with Crippen molar-refractivity contribution in [3.8, 4) is 0 Å². The van der Waals surface area contributed by atoms with Gasteiger partial charge in [-0.1, -0.05) is 0 Å². The van der Waals surface area contributed by atoms with Crippen LogP contribution >= 0.6 is 0 Å². The Morgan fingerprint density at radius 1 is 1.21 bits per heavy atom. The second kappa shape index (κ2) is 6.19. The molecule has 6 heteroatoms. The number of anilines is 1. The molecule has 0 spiro atoms. The Hall–Kier alpha value is -2.08. The maximum absolute atomic E-state index is 11.8. The van der Waals surface area contributed by atoms with E-state index >= 15 is 0 Å². The summed E-state index contributed by atoms with van der Waals surface area (Å²) >= 11 is 0. The quantitative estimate of drug-likeness (QED) is 0.743. The first kappa shape index (κ1) is 13.4. The maximum Gasteiger partial charge on any atom is 0.251 e. The summed E-state index contributed by atoms with van der Waals surface area (Å²) in [6.45, 7) is 2.27. The number of amides is 2. The Balaban J connectivity index is 1.82. The van der Waals surface area contributed by atoms with Crippen molar-refractivity contribution in [2.75, 3.05) is 38.6 Å². The number of morpholine rings is 1. The predicted octanol–water partition coefficient (Wildman–Crippen LogP) is -0.143. The first-order valence-electron chi connectivity index (χ1n) is 6.16. The minimum atomic E-state index is -0.276. The molecule has 102 valence electrons. The highest BCUT2D eigenvalue weighted by Crippen LogP contribution is 2.05. The predicted molar refractivity (Wildman–Crippen MR) is 70.6 cm³/mol. The van der Waals surface area contributed by atoms with E-state index in [0.29, 0.717) is 37.6 Å². The highest BCUT2D eigenvalue weighted by molar-refractivity contribution is 5.96. The van der Waals surface area contributed by atoms with Crippen molar-refractivity contribution >= 4 is 17.5 Å². The minimum absolute atomic E-state index is 0.00318. The van der Waals surface area contributed by atoms with Crippen LogP contribution < -0.4 is 11.1 Å². The average Bonchev–Trinajstić information content (AvgIpc) is 2.46. The maximum atomic E-state index is 11.8. The Bertz CT molecular complexity index is 453. The number of hydrogen-bond acceptors (Lipinski definition) is 4. The third-order valence-electron chi connectivity index (χ3n) is 2.94. The minimum Gasteiger partial charge on any atom is -0.399 e. The van der Waals surface area contributed by atoms with Crippen molar-refractivity contribution in [3.63, 3.8) is 0 Å². The van der Waals surface area contributed by atoms with Crippen LogP contribution in [-0.4, -0.2) is 49.6 Å². The molecule has 3 N–H and O–H groups in total. The second-order valence-electron chi connectivity index (χ2n) is 4.30. The van der Waals surface area contributed by atoms with Gasteiger partial charge in [-0.3, -0.25) is 9.59 Å². The molecule has 0 saturated carbocycles. The van der Waals surface area contributed by atoms with Crippen molar-refractivity contribution in [1.82, 2.24) is 10.2 Å². The van der Waals surface area contributed by atoms with E-state index in [0.717, 1.165) is 0 Å². The summed E-state index contributed by atoms with van der Waals surface area (Å²) < 4.78 is 5.16. The van der Waals surface area contributed by atoms with Gasteiger partial charge in [-0.25, -0.2) is 0 Å². The van der Waals surface area contributed by atoms with Crippen LogP contribution in [0.3, 0.4) is 0 Å². The molecular formula is C13H17N3O3. The summed E-state index contributed by atoms with van der Waals surface area (Å²) in [5.41, 5.74) is 6.63. The van der Waals surface area contributed by atoms with Gasteiger partial charge >= 0.3 is 0 Å². The van der Waals surface area contributed by atoms with E-state index in [1.165, 1.54) is 0 Å².